The minimum atomic E-state index is -0.509. The van der Waals surface area contributed by atoms with Gasteiger partial charge in [-0.2, -0.15) is 0 Å². The van der Waals surface area contributed by atoms with Crippen LogP contribution in [0.4, 0.5) is 8.78 Å². The summed E-state index contributed by atoms with van der Waals surface area (Å²) < 4.78 is 27.4. The monoisotopic (exact) mass is 247 g/mol. The van der Waals surface area contributed by atoms with Gasteiger partial charge in [-0.15, -0.1) is 0 Å². The number of nitrogens with one attached hydrogen (secondary N) is 1. The van der Waals surface area contributed by atoms with Gasteiger partial charge in [0.1, 0.15) is 11.6 Å². The van der Waals surface area contributed by atoms with Crippen LogP contribution in [0.1, 0.15) is 17.2 Å². The third-order valence-corrected chi connectivity index (χ3v) is 2.98. The van der Waals surface area contributed by atoms with Crippen molar-refractivity contribution in [1.82, 2.24) is 5.32 Å². The lowest BCUT2D eigenvalue weighted by Crippen LogP contribution is -2.21. The van der Waals surface area contributed by atoms with Crippen molar-refractivity contribution in [3.63, 3.8) is 0 Å². The average Bonchev–Trinajstić information content (AvgIpc) is 2.38. The van der Waals surface area contributed by atoms with Crippen molar-refractivity contribution < 1.29 is 8.78 Å². The van der Waals surface area contributed by atoms with Crippen LogP contribution in [-0.2, 0) is 6.42 Å². The molecule has 0 spiro atoms. The molecule has 94 valence electrons. The van der Waals surface area contributed by atoms with Gasteiger partial charge in [0, 0.05) is 11.6 Å². The normalized spacial score (nSPS) is 12.4. The fourth-order valence-corrected chi connectivity index (χ4v) is 2.04. The Balaban J connectivity index is 2.29. The average molecular weight is 247 g/mol. The van der Waals surface area contributed by atoms with Crippen molar-refractivity contribution >= 4 is 0 Å². The Hall–Kier alpha value is -1.74. The van der Waals surface area contributed by atoms with Crippen LogP contribution < -0.4 is 5.32 Å². The van der Waals surface area contributed by atoms with E-state index in [0.717, 1.165) is 5.56 Å². The quantitative estimate of drug-likeness (QED) is 0.872. The summed E-state index contributed by atoms with van der Waals surface area (Å²) in [5, 5.41) is 2.97. The van der Waals surface area contributed by atoms with E-state index >= 15 is 0 Å². The van der Waals surface area contributed by atoms with E-state index in [2.05, 4.69) is 5.32 Å². The highest BCUT2D eigenvalue weighted by atomic mass is 19.1. The molecule has 0 fully saturated rings. The number of halogens is 2. The molecule has 3 heteroatoms. The molecule has 0 aliphatic carbocycles. The molecule has 0 radical (unpaired) electrons. The lowest BCUT2D eigenvalue weighted by Gasteiger charge is -2.18. The SMILES string of the molecule is CNC(Cc1ccccc1)c1c(F)cccc1F. The van der Waals surface area contributed by atoms with Gasteiger partial charge in [0.25, 0.3) is 0 Å². The first kappa shape index (κ1) is 12.7. The molecule has 0 amide bonds. The molecule has 2 aromatic rings. The van der Waals surface area contributed by atoms with E-state index in [0.29, 0.717) is 6.42 Å². The maximum Gasteiger partial charge on any atom is 0.130 e. The van der Waals surface area contributed by atoms with Gasteiger partial charge in [0.05, 0.1) is 0 Å². The van der Waals surface area contributed by atoms with Crippen LogP contribution in [0.2, 0.25) is 0 Å². The van der Waals surface area contributed by atoms with Gasteiger partial charge in [-0.1, -0.05) is 36.4 Å². The molecule has 18 heavy (non-hydrogen) atoms. The van der Waals surface area contributed by atoms with Crippen LogP contribution in [-0.4, -0.2) is 7.05 Å². The number of rotatable bonds is 4. The first-order valence-electron chi connectivity index (χ1n) is 5.87. The van der Waals surface area contributed by atoms with Crippen LogP contribution in [0.5, 0.6) is 0 Å². The summed E-state index contributed by atoms with van der Waals surface area (Å²) >= 11 is 0. The fraction of sp³-hybridized carbons (Fsp3) is 0.200. The summed E-state index contributed by atoms with van der Waals surface area (Å²) in [5.74, 6) is -1.02. The molecule has 2 aromatic carbocycles. The highest BCUT2D eigenvalue weighted by Crippen LogP contribution is 2.23. The van der Waals surface area contributed by atoms with Gasteiger partial charge < -0.3 is 5.32 Å². The van der Waals surface area contributed by atoms with Gasteiger partial charge in [0.15, 0.2) is 0 Å². The Labute approximate surface area is 105 Å². The van der Waals surface area contributed by atoms with Crippen molar-refractivity contribution in [2.45, 2.75) is 12.5 Å². The summed E-state index contributed by atoms with van der Waals surface area (Å²) in [7, 11) is 1.71. The molecule has 1 atom stereocenters. The third-order valence-electron chi connectivity index (χ3n) is 2.98. The number of likely N-dealkylation sites (N-methyl/N-ethyl adjacent to an activating group) is 1. The van der Waals surface area contributed by atoms with E-state index < -0.39 is 11.6 Å². The predicted molar refractivity (Wildman–Crippen MR) is 68.3 cm³/mol. The molecule has 0 bridgehead atoms. The van der Waals surface area contributed by atoms with Gasteiger partial charge >= 0.3 is 0 Å². The van der Waals surface area contributed by atoms with Crippen LogP contribution in [0.3, 0.4) is 0 Å². The van der Waals surface area contributed by atoms with Gasteiger partial charge in [-0.3, -0.25) is 0 Å². The molecule has 0 aromatic heterocycles. The molecule has 0 saturated carbocycles. The molecule has 1 N–H and O–H groups in total. The molecular formula is C15H15F2N. The Morgan fingerprint density at radius 2 is 1.56 bits per heavy atom. The second-order valence-corrected chi connectivity index (χ2v) is 4.17. The van der Waals surface area contributed by atoms with Crippen molar-refractivity contribution in [3.05, 3.63) is 71.3 Å². The van der Waals surface area contributed by atoms with E-state index in [4.69, 9.17) is 0 Å². The topological polar surface area (TPSA) is 12.0 Å². The fourth-order valence-electron chi connectivity index (χ4n) is 2.04. The smallest absolute Gasteiger partial charge is 0.130 e. The zero-order chi connectivity index (χ0) is 13.0. The standard InChI is InChI=1S/C15H15F2N/c1-18-14(10-11-6-3-2-4-7-11)15-12(16)8-5-9-13(15)17/h2-9,14,18H,10H2,1H3. The van der Waals surface area contributed by atoms with Gasteiger partial charge in [0.2, 0.25) is 0 Å². The summed E-state index contributed by atoms with van der Waals surface area (Å²) in [6.45, 7) is 0. The highest BCUT2D eigenvalue weighted by Gasteiger charge is 2.18. The molecule has 0 heterocycles. The van der Waals surface area contributed by atoms with Crippen LogP contribution in [0, 0.1) is 11.6 Å². The molecule has 0 saturated heterocycles. The maximum absolute atomic E-state index is 13.7. The highest BCUT2D eigenvalue weighted by molar-refractivity contribution is 5.26. The molecule has 1 unspecified atom stereocenters. The lowest BCUT2D eigenvalue weighted by atomic mass is 9.98. The van der Waals surface area contributed by atoms with E-state index in [1.54, 1.807) is 7.05 Å². The Bertz CT molecular complexity index is 491. The zero-order valence-electron chi connectivity index (χ0n) is 10.2. The first-order chi connectivity index (χ1) is 8.72. The molecule has 0 aliphatic rings. The van der Waals surface area contributed by atoms with Crippen LogP contribution >= 0.6 is 0 Å². The minimum Gasteiger partial charge on any atom is -0.313 e. The maximum atomic E-state index is 13.7. The van der Waals surface area contributed by atoms with Crippen molar-refractivity contribution in [3.8, 4) is 0 Å². The zero-order valence-corrected chi connectivity index (χ0v) is 10.2. The van der Waals surface area contributed by atoms with Crippen molar-refractivity contribution in [2.75, 3.05) is 7.05 Å². The lowest BCUT2D eigenvalue weighted by molar-refractivity contribution is 0.489. The third kappa shape index (κ3) is 2.74. The van der Waals surface area contributed by atoms with Crippen molar-refractivity contribution in [2.24, 2.45) is 0 Å². The Morgan fingerprint density at radius 3 is 2.11 bits per heavy atom. The second kappa shape index (κ2) is 5.74. The molecule has 1 nitrogen and oxygen atoms in total. The summed E-state index contributed by atoms with van der Waals surface area (Å²) in [6, 6.07) is 13.2. The molecule has 2 rings (SSSR count). The minimum absolute atomic E-state index is 0.101. The van der Waals surface area contributed by atoms with Gasteiger partial charge in [-0.25, -0.2) is 8.78 Å². The summed E-state index contributed by atoms with van der Waals surface area (Å²) in [4.78, 5) is 0. The van der Waals surface area contributed by atoms with Crippen LogP contribution in [0.25, 0.3) is 0 Å². The van der Waals surface area contributed by atoms with Gasteiger partial charge in [-0.05, 0) is 31.2 Å². The van der Waals surface area contributed by atoms with E-state index in [1.165, 1.54) is 18.2 Å². The first-order valence-corrected chi connectivity index (χ1v) is 5.87. The summed E-state index contributed by atoms with van der Waals surface area (Å²) in [5.41, 5.74) is 1.14. The molecule has 0 aliphatic heterocycles. The number of benzene rings is 2. The van der Waals surface area contributed by atoms with Crippen LogP contribution in [0.15, 0.2) is 48.5 Å². The Morgan fingerprint density at radius 1 is 0.944 bits per heavy atom. The largest absolute Gasteiger partial charge is 0.313 e. The van der Waals surface area contributed by atoms with E-state index in [1.807, 2.05) is 30.3 Å². The Kier molecular flexibility index (Phi) is 4.05. The van der Waals surface area contributed by atoms with Crippen molar-refractivity contribution in [1.29, 1.82) is 0 Å². The summed E-state index contributed by atoms with van der Waals surface area (Å²) in [6.07, 6.45) is 0.551. The number of hydrogen-bond donors (Lipinski definition) is 1. The number of hydrogen-bond acceptors (Lipinski definition) is 1. The molecular weight excluding hydrogens is 232 g/mol. The van der Waals surface area contributed by atoms with E-state index in [9.17, 15) is 8.78 Å². The second-order valence-electron chi connectivity index (χ2n) is 4.17. The van der Waals surface area contributed by atoms with E-state index in [-0.39, 0.29) is 11.6 Å². The predicted octanol–water partition coefficient (Wildman–Crippen LogP) is 3.47.